The van der Waals surface area contributed by atoms with Crippen LogP contribution in [0, 0.1) is 12.8 Å². The van der Waals surface area contributed by atoms with Crippen LogP contribution < -0.4 is 5.32 Å². The minimum Gasteiger partial charge on any atom is -0.508 e. The molecule has 31 heavy (non-hydrogen) atoms. The smallest absolute Gasteiger partial charge is 0.308 e. The van der Waals surface area contributed by atoms with Crippen molar-refractivity contribution in [3.8, 4) is 5.75 Å². The maximum absolute atomic E-state index is 13.2. The highest BCUT2D eigenvalue weighted by molar-refractivity contribution is 6.30. The fourth-order valence-electron chi connectivity index (χ4n) is 3.45. The first-order valence-electron chi connectivity index (χ1n) is 9.81. The van der Waals surface area contributed by atoms with Crippen molar-refractivity contribution >= 4 is 40.3 Å². The third kappa shape index (κ3) is 4.88. The number of carbonyl (C=O) groups is 3. The van der Waals surface area contributed by atoms with Crippen LogP contribution in [0.3, 0.4) is 0 Å². The Morgan fingerprint density at radius 2 is 1.81 bits per heavy atom. The van der Waals surface area contributed by atoms with Crippen LogP contribution >= 0.6 is 11.6 Å². The van der Waals surface area contributed by atoms with E-state index < -0.39 is 11.9 Å². The topological polar surface area (TPSA) is 109 Å². The van der Waals surface area contributed by atoms with Gasteiger partial charge in [-0.25, -0.2) is 0 Å². The van der Waals surface area contributed by atoms with Gasteiger partial charge in [0.25, 0.3) is 5.91 Å². The first kappa shape index (κ1) is 22.4. The lowest BCUT2D eigenvalue weighted by molar-refractivity contribution is -0.141. The van der Waals surface area contributed by atoms with E-state index in [-0.39, 0.29) is 30.5 Å². The summed E-state index contributed by atoms with van der Waals surface area (Å²) in [5, 5.41) is 22.7. The van der Waals surface area contributed by atoms with Crippen LogP contribution in [0.4, 0.5) is 0 Å². The molecule has 162 valence electrons. The number of carboxylic acids is 1. The SMILES string of the molecule is Cc1c(CCC(=O)NC[C@H](C)C(=O)O)c2cc(O)ccc2n1C(=O)c1ccc(Cl)cc1. The molecule has 1 atom stereocenters. The van der Waals surface area contributed by atoms with Gasteiger partial charge in [0, 0.05) is 34.6 Å². The molecule has 0 bridgehead atoms. The van der Waals surface area contributed by atoms with E-state index in [0.29, 0.717) is 33.6 Å². The van der Waals surface area contributed by atoms with Crippen molar-refractivity contribution in [2.24, 2.45) is 5.92 Å². The first-order valence-corrected chi connectivity index (χ1v) is 10.2. The number of hydrogen-bond acceptors (Lipinski definition) is 4. The van der Waals surface area contributed by atoms with Crippen molar-refractivity contribution < 1.29 is 24.6 Å². The van der Waals surface area contributed by atoms with Crippen molar-refractivity contribution in [3.05, 3.63) is 64.3 Å². The molecule has 0 aliphatic carbocycles. The number of hydrogen-bond donors (Lipinski definition) is 3. The number of aryl methyl sites for hydroxylation is 1. The van der Waals surface area contributed by atoms with E-state index in [1.165, 1.54) is 13.0 Å². The number of nitrogens with one attached hydrogen (secondary N) is 1. The predicted octanol–water partition coefficient (Wildman–Crippen LogP) is 3.77. The van der Waals surface area contributed by atoms with Crippen LogP contribution in [0.25, 0.3) is 10.9 Å². The molecule has 3 aromatic rings. The summed E-state index contributed by atoms with van der Waals surface area (Å²) < 4.78 is 1.57. The lowest BCUT2D eigenvalue weighted by Gasteiger charge is -2.09. The number of phenolic OH excluding ortho intramolecular Hbond substituents is 1. The van der Waals surface area contributed by atoms with Gasteiger partial charge in [-0.05, 0) is 61.4 Å². The summed E-state index contributed by atoms with van der Waals surface area (Å²) in [5.41, 5.74) is 2.54. The Morgan fingerprint density at radius 1 is 1.13 bits per heavy atom. The van der Waals surface area contributed by atoms with Gasteiger partial charge in [0.1, 0.15) is 5.75 Å². The minimum atomic E-state index is -0.976. The molecule has 1 amide bonds. The second-order valence-corrected chi connectivity index (χ2v) is 7.89. The maximum atomic E-state index is 13.2. The zero-order valence-corrected chi connectivity index (χ0v) is 17.9. The second-order valence-electron chi connectivity index (χ2n) is 7.46. The van der Waals surface area contributed by atoms with E-state index in [1.807, 2.05) is 0 Å². The number of phenols is 1. The van der Waals surface area contributed by atoms with Crippen LogP contribution in [0.15, 0.2) is 42.5 Å². The Morgan fingerprint density at radius 3 is 2.45 bits per heavy atom. The zero-order valence-electron chi connectivity index (χ0n) is 17.2. The number of nitrogens with zero attached hydrogens (tertiary/aromatic N) is 1. The van der Waals surface area contributed by atoms with Gasteiger partial charge in [0.15, 0.2) is 0 Å². The highest BCUT2D eigenvalue weighted by atomic mass is 35.5. The molecule has 1 heterocycles. The quantitative estimate of drug-likeness (QED) is 0.516. The number of fused-ring (bicyclic) bond motifs is 1. The molecule has 0 aliphatic heterocycles. The van der Waals surface area contributed by atoms with Crippen LogP contribution in [0.1, 0.15) is 35.0 Å². The van der Waals surface area contributed by atoms with Gasteiger partial charge in [-0.1, -0.05) is 18.5 Å². The number of carboxylic acid groups (broad SMARTS) is 1. The summed E-state index contributed by atoms with van der Waals surface area (Å²) in [6.45, 7) is 3.36. The van der Waals surface area contributed by atoms with Crippen molar-refractivity contribution in [3.63, 3.8) is 0 Å². The summed E-state index contributed by atoms with van der Waals surface area (Å²) in [7, 11) is 0. The van der Waals surface area contributed by atoms with Gasteiger partial charge in [-0.3, -0.25) is 19.0 Å². The summed E-state index contributed by atoms with van der Waals surface area (Å²) in [6, 6.07) is 11.3. The first-order chi connectivity index (χ1) is 14.7. The highest BCUT2D eigenvalue weighted by Gasteiger charge is 2.21. The molecule has 0 unspecified atom stereocenters. The molecule has 1 aromatic heterocycles. The molecule has 8 heteroatoms. The molecule has 0 radical (unpaired) electrons. The summed E-state index contributed by atoms with van der Waals surface area (Å²) >= 11 is 5.93. The third-order valence-electron chi connectivity index (χ3n) is 5.24. The van der Waals surface area contributed by atoms with E-state index in [1.54, 1.807) is 47.9 Å². The van der Waals surface area contributed by atoms with Gasteiger partial charge in [0.2, 0.25) is 5.91 Å². The highest BCUT2D eigenvalue weighted by Crippen LogP contribution is 2.31. The molecule has 0 fully saturated rings. The number of rotatable bonds is 7. The van der Waals surface area contributed by atoms with Gasteiger partial charge in [0.05, 0.1) is 11.4 Å². The van der Waals surface area contributed by atoms with E-state index in [2.05, 4.69) is 5.32 Å². The van der Waals surface area contributed by atoms with Crippen LogP contribution in [0.2, 0.25) is 5.02 Å². The Hall–Kier alpha value is -3.32. The molecule has 0 saturated carbocycles. The van der Waals surface area contributed by atoms with Crippen molar-refractivity contribution in [2.45, 2.75) is 26.7 Å². The molecular formula is C23H23ClN2O5. The Balaban J connectivity index is 1.90. The monoisotopic (exact) mass is 442 g/mol. The van der Waals surface area contributed by atoms with Crippen LogP contribution in [-0.4, -0.2) is 39.1 Å². The zero-order chi connectivity index (χ0) is 22.7. The number of aliphatic carboxylic acids is 1. The minimum absolute atomic E-state index is 0.0464. The maximum Gasteiger partial charge on any atom is 0.308 e. The fraction of sp³-hybridized carbons (Fsp3) is 0.261. The molecule has 3 N–H and O–H groups in total. The van der Waals surface area contributed by atoms with Gasteiger partial charge < -0.3 is 15.5 Å². The van der Waals surface area contributed by atoms with E-state index >= 15 is 0 Å². The van der Waals surface area contributed by atoms with Crippen LogP contribution in [0.5, 0.6) is 5.75 Å². The summed E-state index contributed by atoms with van der Waals surface area (Å²) in [5.74, 6) is -2.12. The number of halogens is 1. The predicted molar refractivity (Wildman–Crippen MR) is 118 cm³/mol. The molecule has 0 aliphatic rings. The molecular weight excluding hydrogens is 420 g/mol. The lowest BCUT2D eigenvalue weighted by atomic mass is 10.1. The van der Waals surface area contributed by atoms with E-state index in [4.69, 9.17) is 16.7 Å². The molecule has 3 rings (SSSR count). The van der Waals surface area contributed by atoms with Gasteiger partial charge >= 0.3 is 5.97 Å². The second kappa shape index (κ2) is 9.22. The fourth-order valence-corrected chi connectivity index (χ4v) is 3.58. The molecule has 0 spiro atoms. The van der Waals surface area contributed by atoms with Gasteiger partial charge in [-0.2, -0.15) is 0 Å². The van der Waals surface area contributed by atoms with Crippen molar-refractivity contribution in [1.82, 2.24) is 9.88 Å². The number of benzene rings is 2. The number of aromatic nitrogens is 1. The normalized spacial score (nSPS) is 12.0. The number of carbonyl (C=O) groups excluding carboxylic acids is 2. The Labute approximate surface area is 184 Å². The molecule has 2 aromatic carbocycles. The number of amides is 1. The summed E-state index contributed by atoms with van der Waals surface area (Å²) in [4.78, 5) is 36.3. The Kier molecular flexibility index (Phi) is 6.65. The van der Waals surface area contributed by atoms with Crippen molar-refractivity contribution in [2.75, 3.05) is 6.54 Å². The molecule has 7 nitrogen and oxygen atoms in total. The summed E-state index contributed by atoms with van der Waals surface area (Å²) in [6.07, 6.45) is 0.455. The van der Waals surface area contributed by atoms with E-state index in [9.17, 15) is 19.5 Å². The van der Waals surface area contributed by atoms with Crippen molar-refractivity contribution in [1.29, 1.82) is 0 Å². The number of aromatic hydroxyl groups is 1. The average Bonchev–Trinajstić information content (AvgIpc) is 3.00. The van der Waals surface area contributed by atoms with E-state index in [0.717, 1.165) is 5.56 Å². The van der Waals surface area contributed by atoms with Crippen LogP contribution in [-0.2, 0) is 16.0 Å². The largest absolute Gasteiger partial charge is 0.508 e. The standard InChI is InChI=1S/C23H23ClN2O5/c1-13(23(30)31)12-25-21(28)10-8-18-14(2)26(20-9-7-17(27)11-19(18)20)22(29)15-3-5-16(24)6-4-15/h3-7,9,11,13,27H,8,10,12H2,1-2H3,(H,25,28)(H,30,31)/t13-/m0/s1. The van der Waals surface area contributed by atoms with Gasteiger partial charge in [-0.15, -0.1) is 0 Å². The third-order valence-corrected chi connectivity index (χ3v) is 5.49. The average molecular weight is 443 g/mol. The Bertz CT molecular complexity index is 1150. The molecule has 0 saturated heterocycles. The lowest BCUT2D eigenvalue weighted by Crippen LogP contribution is -2.31.